The lowest BCUT2D eigenvalue weighted by atomic mass is 9.94. The molecule has 21 heavy (non-hydrogen) atoms. The second-order valence-corrected chi connectivity index (χ2v) is 7.47. The average molecular weight is 312 g/mol. The molecule has 0 saturated carbocycles. The van der Waals surface area contributed by atoms with E-state index in [1.807, 2.05) is 13.8 Å². The van der Waals surface area contributed by atoms with Crippen LogP contribution in [0.4, 0.5) is 5.69 Å². The van der Waals surface area contributed by atoms with Gasteiger partial charge >= 0.3 is 0 Å². The lowest BCUT2D eigenvalue weighted by molar-refractivity contribution is 0.201. The molecular weight excluding hydrogens is 288 g/mol. The average Bonchev–Trinajstić information content (AvgIpc) is 2.43. The molecule has 118 valence electrons. The van der Waals surface area contributed by atoms with Crippen molar-refractivity contribution < 1.29 is 13.2 Å². The van der Waals surface area contributed by atoms with Gasteiger partial charge in [0.1, 0.15) is 10.6 Å². The molecule has 1 aliphatic rings. The second-order valence-electron chi connectivity index (χ2n) is 5.62. The zero-order valence-electron chi connectivity index (χ0n) is 12.9. The highest BCUT2D eigenvalue weighted by Crippen LogP contribution is 2.33. The number of nitrogens with two attached hydrogens (primary N) is 1. The maximum absolute atomic E-state index is 13.0. The predicted octanol–water partition coefficient (Wildman–Crippen LogP) is 2.48. The molecule has 0 radical (unpaired) electrons. The molecule has 0 aliphatic carbocycles. The first kappa shape index (κ1) is 16.1. The maximum atomic E-state index is 13.0. The first-order valence-electron chi connectivity index (χ1n) is 7.42. The second kappa shape index (κ2) is 6.23. The summed E-state index contributed by atoms with van der Waals surface area (Å²) in [6.45, 7) is 6.86. The highest BCUT2D eigenvalue weighted by Gasteiger charge is 2.36. The zero-order valence-corrected chi connectivity index (χ0v) is 13.7. The summed E-state index contributed by atoms with van der Waals surface area (Å²) in [7, 11) is -3.59. The number of nitrogens with zero attached hydrogens (tertiary/aromatic N) is 1. The van der Waals surface area contributed by atoms with E-state index in [0.29, 0.717) is 30.5 Å². The quantitative estimate of drug-likeness (QED) is 0.867. The number of hydrogen-bond donors (Lipinski definition) is 1. The zero-order chi connectivity index (χ0) is 15.6. The summed E-state index contributed by atoms with van der Waals surface area (Å²) in [5.41, 5.74) is 6.20. The molecule has 1 fully saturated rings. The minimum Gasteiger partial charge on any atom is -0.492 e. The van der Waals surface area contributed by atoms with E-state index in [9.17, 15) is 8.42 Å². The van der Waals surface area contributed by atoms with Crippen LogP contribution in [0.1, 0.15) is 33.6 Å². The van der Waals surface area contributed by atoms with Crippen LogP contribution in [0.5, 0.6) is 5.75 Å². The van der Waals surface area contributed by atoms with Crippen LogP contribution in [0.25, 0.3) is 0 Å². The SMILES string of the molecule is CCOc1ccc(N)cc1S(=O)(=O)N1CCCC(C)C1C. The van der Waals surface area contributed by atoms with Crippen LogP contribution in [0.15, 0.2) is 23.1 Å². The van der Waals surface area contributed by atoms with Gasteiger partial charge in [-0.2, -0.15) is 4.31 Å². The first-order chi connectivity index (χ1) is 9.87. The summed E-state index contributed by atoms with van der Waals surface area (Å²) in [6, 6.07) is 4.77. The lowest BCUT2D eigenvalue weighted by Gasteiger charge is -2.37. The Bertz CT molecular complexity index is 601. The van der Waals surface area contributed by atoms with Crippen molar-refractivity contribution in [3.8, 4) is 5.75 Å². The van der Waals surface area contributed by atoms with Gasteiger partial charge in [-0.05, 0) is 50.8 Å². The Hall–Kier alpha value is -1.27. The smallest absolute Gasteiger partial charge is 0.247 e. The molecule has 1 aliphatic heterocycles. The number of benzene rings is 1. The molecule has 1 heterocycles. The van der Waals surface area contributed by atoms with Gasteiger partial charge in [0, 0.05) is 18.3 Å². The van der Waals surface area contributed by atoms with Gasteiger partial charge in [0.2, 0.25) is 10.0 Å². The molecule has 0 aromatic heterocycles. The number of piperidine rings is 1. The van der Waals surface area contributed by atoms with Gasteiger partial charge in [-0.3, -0.25) is 0 Å². The third-order valence-corrected chi connectivity index (χ3v) is 6.18. The Morgan fingerprint density at radius 1 is 1.38 bits per heavy atom. The van der Waals surface area contributed by atoms with Gasteiger partial charge in [0.15, 0.2) is 0 Å². The monoisotopic (exact) mass is 312 g/mol. The molecule has 0 bridgehead atoms. The van der Waals surface area contributed by atoms with Gasteiger partial charge in [-0.15, -0.1) is 0 Å². The standard InChI is InChI=1S/C15H24N2O3S/c1-4-20-14-8-7-13(16)10-15(14)21(18,19)17-9-5-6-11(2)12(17)3/h7-8,10-12H,4-6,9,16H2,1-3H3. The van der Waals surface area contributed by atoms with Crippen molar-refractivity contribution in [1.82, 2.24) is 4.31 Å². The van der Waals surface area contributed by atoms with Crippen LogP contribution < -0.4 is 10.5 Å². The minimum absolute atomic E-state index is 0.0142. The van der Waals surface area contributed by atoms with Crippen molar-refractivity contribution in [1.29, 1.82) is 0 Å². The molecule has 1 aromatic carbocycles. The number of sulfonamides is 1. The van der Waals surface area contributed by atoms with Crippen LogP contribution in [-0.4, -0.2) is 31.9 Å². The van der Waals surface area contributed by atoms with Crippen molar-refractivity contribution in [2.24, 2.45) is 5.92 Å². The predicted molar refractivity (Wildman–Crippen MR) is 83.8 cm³/mol. The lowest BCUT2D eigenvalue weighted by Crippen LogP contribution is -2.45. The Kier molecular flexibility index (Phi) is 4.78. The Balaban J connectivity index is 2.45. The normalized spacial score (nSPS) is 24.0. The Morgan fingerprint density at radius 2 is 2.10 bits per heavy atom. The molecule has 0 spiro atoms. The van der Waals surface area contributed by atoms with E-state index >= 15 is 0 Å². The van der Waals surface area contributed by atoms with E-state index < -0.39 is 10.0 Å². The number of ether oxygens (including phenoxy) is 1. The van der Waals surface area contributed by atoms with Crippen molar-refractivity contribution in [3.63, 3.8) is 0 Å². The van der Waals surface area contributed by atoms with Crippen molar-refractivity contribution >= 4 is 15.7 Å². The highest BCUT2D eigenvalue weighted by molar-refractivity contribution is 7.89. The largest absolute Gasteiger partial charge is 0.492 e. The van der Waals surface area contributed by atoms with E-state index in [4.69, 9.17) is 10.5 Å². The van der Waals surface area contributed by atoms with Gasteiger partial charge in [0.25, 0.3) is 0 Å². The van der Waals surface area contributed by atoms with E-state index in [1.165, 1.54) is 6.07 Å². The van der Waals surface area contributed by atoms with Gasteiger partial charge in [-0.1, -0.05) is 6.92 Å². The van der Waals surface area contributed by atoms with Crippen LogP contribution in [0.2, 0.25) is 0 Å². The molecule has 1 saturated heterocycles. The first-order valence-corrected chi connectivity index (χ1v) is 8.86. The third-order valence-electron chi connectivity index (χ3n) is 4.17. The van der Waals surface area contributed by atoms with Gasteiger partial charge < -0.3 is 10.5 Å². The van der Waals surface area contributed by atoms with Crippen molar-refractivity contribution in [2.75, 3.05) is 18.9 Å². The fourth-order valence-electron chi connectivity index (χ4n) is 2.76. The topological polar surface area (TPSA) is 72.6 Å². The Labute approximate surface area is 127 Å². The van der Waals surface area contributed by atoms with Crippen molar-refractivity contribution in [2.45, 2.75) is 44.6 Å². The molecule has 2 atom stereocenters. The summed E-state index contributed by atoms with van der Waals surface area (Å²) in [5, 5.41) is 0. The molecular formula is C15H24N2O3S. The van der Waals surface area contributed by atoms with Crippen LogP contribution >= 0.6 is 0 Å². The summed E-state index contributed by atoms with van der Waals surface area (Å²) >= 11 is 0. The fourth-order valence-corrected chi connectivity index (χ4v) is 4.70. The molecule has 2 unspecified atom stereocenters. The van der Waals surface area contributed by atoms with Crippen molar-refractivity contribution in [3.05, 3.63) is 18.2 Å². The summed E-state index contributed by atoms with van der Waals surface area (Å²) in [6.07, 6.45) is 1.94. The number of nitrogen functional groups attached to an aromatic ring is 1. The molecule has 6 heteroatoms. The van der Waals surface area contributed by atoms with E-state index in [-0.39, 0.29) is 10.9 Å². The van der Waals surface area contributed by atoms with Crippen LogP contribution in [0, 0.1) is 5.92 Å². The Morgan fingerprint density at radius 3 is 2.76 bits per heavy atom. The minimum atomic E-state index is -3.59. The van der Waals surface area contributed by atoms with Gasteiger partial charge in [0.05, 0.1) is 6.61 Å². The van der Waals surface area contributed by atoms with Crippen LogP contribution in [-0.2, 0) is 10.0 Å². The summed E-state index contributed by atoms with van der Waals surface area (Å²) in [4.78, 5) is 0.172. The highest BCUT2D eigenvalue weighted by atomic mass is 32.2. The van der Waals surface area contributed by atoms with Gasteiger partial charge in [-0.25, -0.2) is 8.42 Å². The molecule has 2 rings (SSSR count). The number of anilines is 1. The molecule has 2 N–H and O–H groups in total. The van der Waals surface area contributed by atoms with E-state index in [1.54, 1.807) is 16.4 Å². The number of rotatable bonds is 4. The van der Waals surface area contributed by atoms with Crippen LogP contribution in [0.3, 0.4) is 0 Å². The molecule has 0 amide bonds. The summed E-state index contributed by atoms with van der Waals surface area (Å²) in [5.74, 6) is 0.724. The summed E-state index contributed by atoms with van der Waals surface area (Å²) < 4.78 is 33.0. The maximum Gasteiger partial charge on any atom is 0.247 e. The van der Waals surface area contributed by atoms with E-state index in [2.05, 4.69) is 6.92 Å². The molecule has 1 aromatic rings. The van der Waals surface area contributed by atoms with E-state index in [0.717, 1.165) is 12.8 Å². The molecule has 5 nitrogen and oxygen atoms in total. The fraction of sp³-hybridized carbons (Fsp3) is 0.600. The number of hydrogen-bond acceptors (Lipinski definition) is 4. The third kappa shape index (κ3) is 3.16.